The molecule has 1 aromatic heterocycles. The molecule has 3 aromatic rings. The fourth-order valence-corrected chi connectivity index (χ4v) is 3.13. The van der Waals surface area contributed by atoms with Gasteiger partial charge in [-0.3, -0.25) is 4.79 Å². The molecular formula is C19H14FN3OS. The molecule has 0 bridgehead atoms. The van der Waals surface area contributed by atoms with Gasteiger partial charge in [0.15, 0.2) is 0 Å². The van der Waals surface area contributed by atoms with Crippen molar-refractivity contribution in [3.8, 4) is 6.07 Å². The first kappa shape index (κ1) is 16.9. The van der Waals surface area contributed by atoms with Crippen LogP contribution in [-0.2, 0) is 4.79 Å². The van der Waals surface area contributed by atoms with Crippen molar-refractivity contribution in [1.82, 2.24) is 4.98 Å². The Morgan fingerprint density at radius 3 is 2.88 bits per heavy atom. The van der Waals surface area contributed by atoms with Gasteiger partial charge < -0.3 is 5.32 Å². The van der Waals surface area contributed by atoms with Gasteiger partial charge >= 0.3 is 0 Å². The molecule has 0 radical (unpaired) electrons. The van der Waals surface area contributed by atoms with Gasteiger partial charge in [0.2, 0.25) is 5.91 Å². The Morgan fingerprint density at radius 1 is 1.28 bits per heavy atom. The minimum absolute atomic E-state index is 0.0789. The Balaban J connectivity index is 1.75. The van der Waals surface area contributed by atoms with E-state index in [0.29, 0.717) is 16.3 Å². The van der Waals surface area contributed by atoms with Crippen LogP contribution in [-0.4, -0.2) is 16.6 Å². The minimum Gasteiger partial charge on any atom is -0.325 e. The van der Waals surface area contributed by atoms with E-state index in [9.17, 15) is 14.4 Å². The molecule has 3 rings (SSSR count). The first-order valence-electron chi connectivity index (χ1n) is 7.55. The van der Waals surface area contributed by atoms with Gasteiger partial charge in [0.05, 0.1) is 16.8 Å². The number of nitrogens with one attached hydrogen (secondary N) is 1. The summed E-state index contributed by atoms with van der Waals surface area (Å²) in [7, 11) is 0. The third kappa shape index (κ3) is 4.14. The first-order valence-corrected chi connectivity index (χ1v) is 8.53. The number of fused-ring (bicyclic) bond motifs is 1. The zero-order valence-corrected chi connectivity index (χ0v) is 14.2. The van der Waals surface area contributed by atoms with Gasteiger partial charge in [-0.2, -0.15) is 5.26 Å². The Hall–Kier alpha value is -2.91. The lowest BCUT2D eigenvalue weighted by atomic mass is 10.1. The van der Waals surface area contributed by atoms with Crippen LogP contribution in [0.3, 0.4) is 0 Å². The molecule has 1 heterocycles. The number of amides is 1. The van der Waals surface area contributed by atoms with Gasteiger partial charge in [-0.15, -0.1) is 0 Å². The number of hydrogen-bond donors (Lipinski definition) is 1. The number of pyridine rings is 1. The van der Waals surface area contributed by atoms with Crippen LogP contribution in [0, 0.1) is 24.1 Å². The highest BCUT2D eigenvalue weighted by Crippen LogP contribution is 2.25. The summed E-state index contributed by atoms with van der Waals surface area (Å²) in [4.78, 5) is 16.5. The molecule has 0 aliphatic rings. The lowest BCUT2D eigenvalue weighted by molar-refractivity contribution is -0.113. The van der Waals surface area contributed by atoms with Crippen molar-refractivity contribution < 1.29 is 9.18 Å². The van der Waals surface area contributed by atoms with Crippen molar-refractivity contribution in [3.63, 3.8) is 0 Å². The summed E-state index contributed by atoms with van der Waals surface area (Å²) in [5.74, 6) is -0.621. The normalized spacial score (nSPS) is 10.4. The molecule has 1 N–H and O–H groups in total. The first-order chi connectivity index (χ1) is 12.0. The van der Waals surface area contributed by atoms with Crippen molar-refractivity contribution in [3.05, 3.63) is 65.5 Å². The average Bonchev–Trinajstić information content (AvgIpc) is 2.59. The molecule has 124 valence electrons. The highest BCUT2D eigenvalue weighted by atomic mass is 32.2. The van der Waals surface area contributed by atoms with Crippen LogP contribution in [0.15, 0.2) is 53.6 Å². The SMILES string of the molecule is Cc1ccc2nc(SCC(=O)Nc3cccc(F)c3)c(C#N)cc2c1. The number of nitrogens with zero attached hydrogens (tertiary/aromatic N) is 2. The van der Waals surface area contributed by atoms with Crippen molar-refractivity contribution in [2.24, 2.45) is 0 Å². The number of thioether (sulfide) groups is 1. The lowest BCUT2D eigenvalue weighted by Gasteiger charge is -2.07. The van der Waals surface area contributed by atoms with Crippen LogP contribution >= 0.6 is 11.8 Å². The van der Waals surface area contributed by atoms with Crippen molar-refractivity contribution in [1.29, 1.82) is 5.26 Å². The highest BCUT2D eigenvalue weighted by molar-refractivity contribution is 8.00. The number of aromatic nitrogens is 1. The van der Waals surface area contributed by atoms with E-state index in [2.05, 4.69) is 16.4 Å². The van der Waals surface area contributed by atoms with Crippen molar-refractivity contribution in [2.45, 2.75) is 11.9 Å². The van der Waals surface area contributed by atoms with Crippen LogP contribution < -0.4 is 5.32 Å². The Kier molecular flexibility index (Phi) is 4.96. The largest absolute Gasteiger partial charge is 0.325 e. The number of hydrogen-bond acceptors (Lipinski definition) is 4. The molecule has 0 unspecified atom stereocenters. The second-order valence-electron chi connectivity index (χ2n) is 5.50. The molecule has 0 aliphatic carbocycles. The van der Waals surface area contributed by atoms with E-state index < -0.39 is 5.82 Å². The standard InChI is InChI=1S/C19H14FN3OS/c1-12-5-6-17-13(7-12)8-14(10-21)19(23-17)25-11-18(24)22-16-4-2-3-15(20)9-16/h2-9H,11H2,1H3,(H,22,24). The number of benzene rings is 2. The van der Waals surface area contributed by atoms with Crippen molar-refractivity contribution in [2.75, 3.05) is 11.1 Å². The molecule has 0 saturated heterocycles. The van der Waals surface area contributed by atoms with Gasteiger partial charge in [0, 0.05) is 11.1 Å². The third-order valence-corrected chi connectivity index (χ3v) is 4.50. The topological polar surface area (TPSA) is 65.8 Å². The van der Waals surface area contributed by atoms with Crippen LogP contribution in [0.4, 0.5) is 10.1 Å². The second-order valence-corrected chi connectivity index (χ2v) is 6.46. The van der Waals surface area contributed by atoms with E-state index in [1.54, 1.807) is 12.1 Å². The maximum Gasteiger partial charge on any atom is 0.234 e. The predicted octanol–water partition coefficient (Wildman–Crippen LogP) is 4.28. The summed E-state index contributed by atoms with van der Waals surface area (Å²) < 4.78 is 13.1. The fourth-order valence-electron chi connectivity index (χ4n) is 2.37. The van der Waals surface area contributed by atoms with Crippen LogP contribution in [0.25, 0.3) is 10.9 Å². The van der Waals surface area contributed by atoms with E-state index in [4.69, 9.17) is 0 Å². The lowest BCUT2D eigenvalue weighted by Crippen LogP contribution is -2.14. The van der Waals surface area contributed by atoms with Crippen LogP contribution in [0.1, 0.15) is 11.1 Å². The molecule has 0 spiro atoms. The number of aryl methyl sites for hydroxylation is 1. The zero-order chi connectivity index (χ0) is 17.8. The summed E-state index contributed by atoms with van der Waals surface area (Å²) >= 11 is 1.18. The van der Waals surface area contributed by atoms with Gasteiger partial charge in [-0.1, -0.05) is 29.5 Å². The fraction of sp³-hybridized carbons (Fsp3) is 0.105. The number of carbonyl (C=O) groups excluding carboxylic acids is 1. The molecule has 1 amide bonds. The summed E-state index contributed by atoms with van der Waals surface area (Å²) in [6.45, 7) is 1.98. The molecule has 0 fully saturated rings. The van der Waals surface area contributed by atoms with Gasteiger partial charge in [-0.25, -0.2) is 9.37 Å². The maximum atomic E-state index is 13.1. The molecule has 25 heavy (non-hydrogen) atoms. The molecular weight excluding hydrogens is 337 g/mol. The minimum atomic E-state index is -0.413. The van der Waals surface area contributed by atoms with Gasteiger partial charge in [-0.05, 0) is 43.3 Å². The van der Waals surface area contributed by atoms with E-state index in [-0.39, 0.29) is 11.7 Å². The van der Waals surface area contributed by atoms with E-state index >= 15 is 0 Å². The average molecular weight is 351 g/mol. The highest BCUT2D eigenvalue weighted by Gasteiger charge is 2.11. The quantitative estimate of drug-likeness (QED) is 0.712. The smallest absolute Gasteiger partial charge is 0.234 e. The van der Waals surface area contributed by atoms with E-state index in [1.165, 1.54) is 30.0 Å². The molecule has 0 saturated carbocycles. The number of halogens is 1. The monoisotopic (exact) mass is 351 g/mol. The Labute approximate surface area is 148 Å². The molecule has 4 nitrogen and oxygen atoms in total. The third-order valence-electron chi connectivity index (χ3n) is 3.50. The summed E-state index contributed by atoms with van der Waals surface area (Å²) in [5, 5.41) is 13.4. The number of carbonyl (C=O) groups is 1. The Morgan fingerprint density at radius 2 is 2.12 bits per heavy atom. The zero-order valence-electron chi connectivity index (χ0n) is 13.4. The second kappa shape index (κ2) is 7.32. The van der Waals surface area contributed by atoms with Gasteiger partial charge in [0.25, 0.3) is 0 Å². The number of nitriles is 1. The molecule has 2 aromatic carbocycles. The summed E-state index contributed by atoms with van der Waals surface area (Å²) in [5.41, 5.74) is 2.69. The summed E-state index contributed by atoms with van der Waals surface area (Å²) in [6.07, 6.45) is 0. The number of rotatable bonds is 4. The van der Waals surface area contributed by atoms with Crippen LogP contribution in [0.2, 0.25) is 0 Å². The number of anilines is 1. The maximum absolute atomic E-state index is 13.1. The van der Waals surface area contributed by atoms with Crippen molar-refractivity contribution >= 4 is 34.3 Å². The van der Waals surface area contributed by atoms with E-state index in [0.717, 1.165) is 16.5 Å². The summed E-state index contributed by atoms with van der Waals surface area (Å²) in [6, 6.07) is 15.4. The molecule has 6 heteroatoms. The van der Waals surface area contributed by atoms with Gasteiger partial charge in [0.1, 0.15) is 16.9 Å². The van der Waals surface area contributed by atoms with E-state index in [1.807, 2.05) is 25.1 Å². The molecule has 0 aliphatic heterocycles. The van der Waals surface area contributed by atoms with Crippen LogP contribution in [0.5, 0.6) is 0 Å². The Bertz CT molecular complexity index is 998. The molecule has 0 atom stereocenters. The predicted molar refractivity (Wildman–Crippen MR) is 96.9 cm³/mol.